The van der Waals surface area contributed by atoms with Gasteiger partial charge in [-0.15, -0.1) is 11.3 Å². The summed E-state index contributed by atoms with van der Waals surface area (Å²) in [6, 6.07) is 3.86. The van der Waals surface area contributed by atoms with Crippen LogP contribution in [-0.2, 0) is 10.3 Å². The highest BCUT2D eigenvalue weighted by Crippen LogP contribution is 2.30. The van der Waals surface area contributed by atoms with Crippen LogP contribution >= 0.6 is 27.3 Å². The largest absolute Gasteiger partial charge is 0.379 e. The highest BCUT2D eigenvalue weighted by Gasteiger charge is 2.28. The summed E-state index contributed by atoms with van der Waals surface area (Å²) in [7, 11) is 0. The number of ether oxygens (including phenoxy) is 1. The van der Waals surface area contributed by atoms with Gasteiger partial charge >= 0.3 is 0 Å². The van der Waals surface area contributed by atoms with Gasteiger partial charge < -0.3 is 15.0 Å². The Morgan fingerprint density at radius 3 is 2.94 bits per heavy atom. The van der Waals surface area contributed by atoms with Crippen molar-refractivity contribution in [3.05, 3.63) is 21.7 Å². The van der Waals surface area contributed by atoms with Crippen LogP contribution in [0.25, 0.3) is 10.8 Å². The Kier molecular flexibility index (Phi) is 4.16. The average Bonchev–Trinajstić information content (AvgIpc) is 2.94. The quantitative estimate of drug-likeness (QED) is 0.911. The van der Waals surface area contributed by atoms with Crippen molar-refractivity contribution < 1.29 is 9.26 Å². The van der Waals surface area contributed by atoms with E-state index in [-0.39, 0.29) is 0 Å². The summed E-state index contributed by atoms with van der Waals surface area (Å²) in [6.07, 6.45) is 0. The lowest BCUT2D eigenvalue weighted by atomic mass is 10.1. The molecule has 2 heterocycles. The molecular formula is C11H14BrN3O2S. The topological polar surface area (TPSA) is 74.2 Å². The van der Waals surface area contributed by atoms with Crippen LogP contribution in [0.1, 0.15) is 19.7 Å². The lowest BCUT2D eigenvalue weighted by Crippen LogP contribution is -2.39. The van der Waals surface area contributed by atoms with E-state index in [0.717, 1.165) is 8.66 Å². The summed E-state index contributed by atoms with van der Waals surface area (Å²) in [6.45, 7) is 4.70. The van der Waals surface area contributed by atoms with Gasteiger partial charge in [0.1, 0.15) is 5.54 Å². The van der Waals surface area contributed by atoms with Crippen LogP contribution in [0.3, 0.4) is 0 Å². The molecular weight excluding hydrogens is 318 g/mol. The Morgan fingerprint density at radius 1 is 1.56 bits per heavy atom. The molecule has 0 spiro atoms. The van der Waals surface area contributed by atoms with Gasteiger partial charge in [-0.1, -0.05) is 5.16 Å². The van der Waals surface area contributed by atoms with Gasteiger partial charge in [0.25, 0.3) is 5.89 Å². The van der Waals surface area contributed by atoms with E-state index in [2.05, 4.69) is 26.1 Å². The highest BCUT2D eigenvalue weighted by molar-refractivity contribution is 9.11. The molecule has 2 N–H and O–H groups in total. The minimum absolute atomic E-state index is 0.358. The maximum absolute atomic E-state index is 6.10. The summed E-state index contributed by atoms with van der Waals surface area (Å²) in [5.41, 5.74) is 5.36. The number of aromatic nitrogens is 2. The van der Waals surface area contributed by atoms with Crippen LogP contribution < -0.4 is 5.73 Å². The van der Waals surface area contributed by atoms with Gasteiger partial charge in [-0.3, -0.25) is 0 Å². The molecule has 2 rings (SSSR count). The first-order valence-electron chi connectivity index (χ1n) is 5.49. The molecule has 18 heavy (non-hydrogen) atoms. The van der Waals surface area contributed by atoms with Crippen LogP contribution in [0.15, 0.2) is 20.4 Å². The van der Waals surface area contributed by atoms with Crippen LogP contribution in [0.4, 0.5) is 0 Å². The lowest BCUT2D eigenvalue weighted by Gasteiger charge is -2.19. The highest BCUT2D eigenvalue weighted by atomic mass is 79.9. The zero-order valence-corrected chi connectivity index (χ0v) is 12.5. The molecule has 98 valence electrons. The number of hydrogen-bond donors (Lipinski definition) is 1. The van der Waals surface area contributed by atoms with Crippen molar-refractivity contribution in [3.8, 4) is 10.8 Å². The maximum atomic E-state index is 6.10. The first kappa shape index (κ1) is 13.7. The number of hydrogen-bond acceptors (Lipinski definition) is 6. The smallest absolute Gasteiger partial charge is 0.268 e. The van der Waals surface area contributed by atoms with Crippen LogP contribution in [0.2, 0.25) is 0 Å². The predicted molar refractivity (Wildman–Crippen MR) is 73.3 cm³/mol. The van der Waals surface area contributed by atoms with E-state index in [1.807, 2.05) is 26.0 Å². The van der Waals surface area contributed by atoms with Crippen molar-refractivity contribution in [1.29, 1.82) is 0 Å². The third-order valence-electron chi connectivity index (χ3n) is 2.33. The monoisotopic (exact) mass is 331 g/mol. The number of nitrogens with two attached hydrogens (primary N) is 1. The molecule has 2 aromatic heterocycles. The van der Waals surface area contributed by atoms with Gasteiger partial charge in [-0.05, 0) is 41.9 Å². The molecule has 2 aromatic rings. The van der Waals surface area contributed by atoms with Crippen LogP contribution in [0.5, 0.6) is 0 Å². The second kappa shape index (κ2) is 5.48. The zero-order chi connectivity index (χ0) is 13.2. The van der Waals surface area contributed by atoms with E-state index in [1.54, 1.807) is 0 Å². The van der Waals surface area contributed by atoms with Crippen molar-refractivity contribution in [2.75, 3.05) is 13.2 Å². The predicted octanol–water partition coefficient (Wildman–Crippen LogP) is 2.77. The minimum Gasteiger partial charge on any atom is -0.379 e. The second-order valence-electron chi connectivity index (χ2n) is 4.08. The van der Waals surface area contributed by atoms with E-state index in [9.17, 15) is 0 Å². The first-order valence-corrected chi connectivity index (χ1v) is 7.10. The lowest BCUT2D eigenvalue weighted by molar-refractivity contribution is 0.0962. The van der Waals surface area contributed by atoms with Gasteiger partial charge in [-0.2, -0.15) is 4.98 Å². The fourth-order valence-electron chi connectivity index (χ4n) is 1.36. The number of nitrogens with zero attached hydrogens (tertiary/aromatic N) is 2. The number of thiophene rings is 1. The molecule has 0 aliphatic rings. The van der Waals surface area contributed by atoms with Crippen molar-refractivity contribution >= 4 is 27.3 Å². The molecule has 1 unspecified atom stereocenters. The molecule has 5 nitrogen and oxygen atoms in total. The Balaban J connectivity index is 2.19. The molecule has 0 aliphatic carbocycles. The van der Waals surface area contributed by atoms with Crippen molar-refractivity contribution in [2.24, 2.45) is 5.73 Å². The summed E-state index contributed by atoms with van der Waals surface area (Å²) in [4.78, 5) is 5.24. The molecule has 0 amide bonds. The molecule has 0 aliphatic heterocycles. The van der Waals surface area contributed by atoms with Crippen molar-refractivity contribution in [1.82, 2.24) is 10.1 Å². The summed E-state index contributed by atoms with van der Waals surface area (Å²) < 4.78 is 11.6. The van der Waals surface area contributed by atoms with Crippen molar-refractivity contribution in [2.45, 2.75) is 19.4 Å². The van der Waals surface area contributed by atoms with Gasteiger partial charge in [0.2, 0.25) is 0 Å². The molecule has 7 heteroatoms. The van der Waals surface area contributed by atoms with Gasteiger partial charge in [0, 0.05) is 6.61 Å². The van der Waals surface area contributed by atoms with E-state index in [0.29, 0.717) is 24.9 Å². The summed E-state index contributed by atoms with van der Waals surface area (Å²) >= 11 is 4.92. The molecule has 0 fully saturated rings. The van der Waals surface area contributed by atoms with Gasteiger partial charge in [0.05, 0.1) is 15.3 Å². The summed E-state index contributed by atoms with van der Waals surface area (Å²) in [5, 5.41) is 3.93. The molecule has 1 atom stereocenters. The standard InChI is InChI=1S/C11H14BrN3O2S/c1-3-16-6-11(2,13)10-14-9(17-15-10)7-4-5-8(12)18-7/h4-5H,3,6,13H2,1-2H3. The molecule has 0 saturated carbocycles. The zero-order valence-electron chi connectivity index (χ0n) is 10.1. The third-order valence-corrected chi connectivity index (χ3v) is 3.94. The molecule has 0 aromatic carbocycles. The molecule has 0 saturated heterocycles. The van der Waals surface area contributed by atoms with E-state index >= 15 is 0 Å². The normalized spacial score (nSPS) is 14.7. The second-order valence-corrected chi connectivity index (χ2v) is 6.54. The number of rotatable bonds is 5. The van der Waals surface area contributed by atoms with E-state index < -0.39 is 5.54 Å². The van der Waals surface area contributed by atoms with Crippen LogP contribution in [-0.4, -0.2) is 23.4 Å². The van der Waals surface area contributed by atoms with Gasteiger partial charge in [0.15, 0.2) is 5.82 Å². The van der Waals surface area contributed by atoms with E-state index in [1.165, 1.54) is 11.3 Å². The Labute approximate surface area is 117 Å². The molecule has 0 bridgehead atoms. The van der Waals surface area contributed by atoms with Crippen molar-refractivity contribution in [3.63, 3.8) is 0 Å². The average molecular weight is 332 g/mol. The fraction of sp³-hybridized carbons (Fsp3) is 0.455. The Morgan fingerprint density at radius 2 is 2.33 bits per heavy atom. The van der Waals surface area contributed by atoms with Gasteiger partial charge in [-0.25, -0.2) is 0 Å². The SMILES string of the molecule is CCOCC(C)(N)c1noc(-c2ccc(Br)s2)n1. The first-order chi connectivity index (χ1) is 8.53. The number of halogens is 1. The van der Waals surface area contributed by atoms with E-state index in [4.69, 9.17) is 15.0 Å². The minimum atomic E-state index is -0.744. The molecule has 0 radical (unpaired) electrons. The van der Waals surface area contributed by atoms with Crippen LogP contribution in [0, 0.1) is 0 Å². The maximum Gasteiger partial charge on any atom is 0.268 e. The third kappa shape index (κ3) is 2.97. The summed E-state index contributed by atoms with van der Waals surface area (Å²) in [5.74, 6) is 0.935. The fourth-order valence-corrected chi connectivity index (χ4v) is 2.67. The Hall–Kier alpha value is -0.760. The Bertz CT molecular complexity index is 524.